The molecule has 2 aromatic heterocycles. The third kappa shape index (κ3) is 4.16. The second-order valence-corrected chi connectivity index (χ2v) is 7.42. The van der Waals surface area contributed by atoms with Crippen molar-refractivity contribution in [1.82, 2.24) is 14.5 Å². The van der Waals surface area contributed by atoms with E-state index in [-0.39, 0.29) is 6.10 Å². The summed E-state index contributed by atoms with van der Waals surface area (Å²) >= 11 is -0.712. The standard InChI is InChI=1S/C16H26N4O2S/c1-11-10-18-15(17)13-14(11)20(16(19-13)12(2)22-3)8-6-5-7-9-23(4)21/h10,12H,5-9H2,1-4H3,(H2,17,18). The molecule has 0 aliphatic heterocycles. The first-order chi connectivity index (χ1) is 11.0. The van der Waals surface area contributed by atoms with Crippen molar-refractivity contribution in [3.05, 3.63) is 17.6 Å². The minimum absolute atomic E-state index is 0.107. The van der Waals surface area contributed by atoms with Crippen LogP contribution in [0.25, 0.3) is 11.0 Å². The summed E-state index contributed by atoms with van der Waals surface area (Å²) in [6.07, 6.45) is 6.46. The Morgan fingerprint density at radius 2 is 2.13 bits per heavy atom. The zero-order valence-electron chi connectivity index (χ0n) is 14.3. The largest absolute Gasteiger partial charge is 0.617 e. The summed E-state index contributed by atoms with van der Waals surface area (Å²) in [4.78, 5) is 8.88. The van der Waals surface area contributed by atoms with Crippen LogP contribution < -0.4 is 5.73 Å². The summed E-state index contributed by atoms with van der Waals surface area (Å²) < 4.78 is 18.8. The molecule has 2 aromatic rings. The van der Waals surface area contributed by atoms with Crippen LogP contribution in [0, 0.1) is 6.92 Å². The number of nitrogen functional groups attached to an aromatic ring is 1. The summed E-state index contributed by atoms with van der Waals surface area (Å²) in [5.74, 6) is 2.10. The van der Waals surface area contributed by atoms with Gasteiger partial charge >= 0.3 is 0 Å². The van der Waals surface area contributed by atoms with Crippen molar-refractivity contribution in [2.75, 3.05) is 24.9 Å². The number of pyridine rings is 1. The Morgan fingerprint density at radius 1 is 1.39 bits per heavy atom. The van der Waals surface area contributed by atoms with Gasteiger partial charge in [0.05, 0.1) is 11.8 Å². The molecule has 0 amide bonds. The van der Waals surface area contributed by atoms with Crippen LogP contribution in [0.2, 0.25) is 0 Å². The van der Waals surface area contributed by atoms with Gasteiger partial charge in [-0.15, -0.1) is 0 Å². The molecule has 23 heavy (non-hydrogen) atoms. The molecule has 6 nitrogen and oxygen atoms in total. The molecule has 2 unspecified atom stereocenters. The molecule has 0 spiro atoms. The maximum Gasteiger partial charge on any atom is 0.151 e. The third-order valence-corrected chi connectivity index (χ3v) is 4.90. The van der Waals surface area contributed by atoms with Gasteiger partial charge in [-0.05, 0) is 38.7 Å². The van der Waals surface area contributed by atoms with Crippen molar-refractivity contribution in [3.63, 3.8) is 0 Å². The average molecular weight is 338 g/mol. The lowest BCUT2D eigenvalue weighted by Crippen LogP contribution is -2.10. The van der Waals surface area contributed by atoms with E-state index in [4.69, 9.17) is 10.5 Å². The number of ether oxygens (including phenoxy) is 1. The van der Waals surface area contributed by atoms with Gasteiger partial charge in [-0.3, -0.25) is 0 Å². The van der Waals surface area contributed by atoms with Gasteiger partial charge in [-0.1, -0.05) is 11.2 Å². The van der Waals surface area contributed by atoms with Crippen molar-refractivity contribution in [2.45, 2.75) is 45.8 Å². The lowest BCUT2D eigenvalue weighted by molar-refractivity contribution is 0.109. The monoisotopic (exact) mass is 338 g/mol. The van der Waals surface area contributed by atoms with Crippen molar-refractivity contribution in [2.24, 2.45) is 0 Å². The highest BCUT2D eigenvalue weighted by Crippen LogP contribution is 2.28. The van der Waals surface area contributed by atoms with E-state index in [9.17, 15) is 4.55 Å². The van der Waals surface area contributed by atoms with E-state index in [0.717, 1.165) is 54.0 Å². The highest BCUT2D eigenvalue weighted by atomic mass is 32.2. The quantitative estimate of drug-likeness (QED) is 0.590. The molecule has 0 fully saturated rings. The highest BCUT2D eigenvalue weighted by molar-refractivity contribution is 7.90. The number of methoxy groups -OCH3 is 1. The first-order valence-corrected chi connectivity index (χ1v) is 9.62. The van der Waals surface area contributed by atoms with Gasteiger partial charge < -0.3 is 19.6 Å². The average Bonchev–Trinajstić information content (AvgIpc) is 2.90. The highest BCUT2D eigenvalue weighted by Gasteiger charge is 2.19. The second-order valence-electron chi connectivity index (χ2n) is 5.86. The molecule has 0 bridgehead atoms. The fraction of sp³-hybridized carbons (Fsp3) is 0.625. The lowest BCUT2D eigenvalue weighted by Gasteiger charge is -2.14. The maximum absolute atomic E-state index is 11.1. The Morgan fingerprint density at radius 3 is 2.78 bits per heavy atom. The fourth-order valence-electron chi connectivity index (χ4n) is 2.73. The SMILES string of the molecule is COC(C)c1nc2c(N)ncc(C)c2n1CCCCC[S+](C)[O-]. The van der Waals surface area contributed by atoms with Crippen molar-refractivity contribution < 1.29 is 9.29 Å². The number of rotatable bonds is 8. The maximum atomic E-state index is 11.1. The lowest BCUT2D eigenvalue weighted by atomic mass is 10.2. The number of hydrogen-bond donors (Lipinski definition) is 1. The van der Waals surface area contributed by atoms with Crippen molar-refractivity contribution in [3.8, 4) is 0 Å². The number of aryl methyl sites for hydroxylation is 2. The molecule has 2 atom stereocenters. The molecule has 2 rings (SSSR count). The molecule has 2 heterocycles. The third-order valence-electron chi connectivity index (χ3n) is 4.04. The Bertz CT molecular complexity index is 657. The number of anilines is 1. The molecule has 0 saturated carbocycles. The van der Waals surface area contributed by atoms with Crippen LogP contribution in [0.3, 0.4) is 0 Å². The summed E-state index contributed by atoms with van der Waals surface area (Å²) in [5.41, 5.74) is 8.84. The Kier molecular flexibility index (Phi) is 6.26. The second kappa shape index (κ2) is 7.99. The zero-order valence-corrected chi connectivity index (χ0v) is 15.2. The number of aromatic nitrogens is 3. The molecule has 0 aliphatic carbocycles. The number of nitrogens with two attached hydrogens (primary N) is 1. The fourth-order valence-corrected chi connectivity index (χ4v) is 3.34. The van der Waals surface area contributed by atoms with Gasteiger partial charge in [0.1, 0.15) is 23.2 Å². The van der Waals surface area contributed by atoms with Crippen LogP contribution in [-0.4, -0.2) is 38.2 Å². The Hall–Kier alpha value is -1.31. The number of fused-ring (bicyclic) bond motifs is 1. The van der Waals surface area contributed by atoms with E-state index in [2.05, 4.69) is 14.5 Å². The number of hydrogen-bond acceptors (Lipinski definition) is 5. The van der Waals surface area contributed by atoms with Crippen LogP contribution in [-0.2, 0) is 22.5 Å². The van der Waals surface area contributed by atoms with Crippen molar-refractivity contribution in [1.29, 1.82) is 0 Å². The first-order valence-electron chi connectivity index (χ1n) is 7.89. The van der Waals surface area contributed by atoms with Gasteiger partial charge in [-0.25, -0.2) is 9.97 Å². The topological polar surface area (TPSA) is 89.0 Å². The van der Waals surface area contributed by atoms with Gasteiger partial charge in [0.15, 0.2) is 5.82 Å². The van der Waals surface area contributed by atoms with E-state index in [1.807, 2.05) is 13.8 Å². The van der Waals surface area contributed by atoms with Crippen LogP contribution in [0.15, 0.2) is 6.20 Å². The molecule has 0 radical (unpaired) electrons. The van der Waals surface area contributed by atoms with Gasteiger partial charge in [-0.2, -0.15) is 0 Å². The smallest absolute Gasteiger partial charge is 0.151 e. The van der Waals surface area contributed by atoms with Gasteiger partial charge in [0.2, 0.25) is 0 Å². The molecule has 2 N–H and O–H groups in total. The molecular weight excluding hydrogens is 312 g/mol. The molecular formula is C16H26N4O2S. The van der Waals surface area contributed by atoms with Crippen LogP contribution in [0.5, 0.6) is 0 Å². The van der Waals surface area contributed by atoms with Gasteiger partial charge in [0.25, 0.3) is 0 Å². The minimum atomic E-state index is -0.712. The Balaban J connectivity index is 2.26. The first kappa shape index (κ1) is 18.0. The summed E-state index contributed by atoms with van der Waals surface area (Å²) in [7, 11) is 1.68. The molecule has 0 aromatic carbocycles. The Labute approximate surface area is 140 Å². The van der Waals surface area contributed by atoms with E-state index >= 15 is 0 Å². The van der Waals surface area contributed by atoms with Crippen molar-refractivity contribution >= 4 is 28.0 Å². The molecule has 0 aliphatic rings. The van der Waals surface area contributed by atoms with Crippen LogP contribution >= 0.6 is 0 Å². The van der Waals surface area contributed by atoms with E-state index in [1.54, 1.807) is 19.6 Å². The predicted octanol–water partition coefficient (Wildman–Crippen LogP) is 2.58. The normalized spacial score (nSPS) is 14.3. The number of nitrogens with zero attached hydrogens (tertiary/aromatic N) is 3. The zero-order chi connectivity index (χ0) is 17.0. The molecule has 7 heteroatoms. The summed E-state index contributed by atoms with van der Waals surface area (Å²) in [5, 5.41) is 0. The van der Waals surface area contributed by atoms with Crippen LogP contribution in [0.1, 0.15) is 43.7 Å². The van der Waals surface area contributed by atoms with E-state index < -0.39 is 11.2 Å². The minimum Gasteiger partial charge on any atom is -0.617 e. The van der Waals surface area contributed by atoms with E-state index in [1.165, 1.54) is 0 Å². The predicted molar refractivity (Wildman–Crippen MR) is 94.9 cm³/mol. The van der Waals surface area contributed by atoms with Gasteiger partial charge in [0, 0.05) is 19.9 Å². The number of imidazole rings is 1. The van der Waals surface area contributed by atoms with E-state index in [0.29, 0.717) is 5.82 Å². The summed E-state index contributed by atoms with van der Waals surface area (Å²) in [6.45, 7) is 4.85. The van der Waals surface area contributed by atoms with Crippen LogP contribution in [0.4, 0.5) is 5.82 Å². The molecule has 0 saturated heterocycles. The number of unbranched alkanes of at least 4 members (excludes halogenated alkanes) is 2. The molecule has 128 valence electrons. The summed E-state index contributed by atoms with van der Waals surface area (Å²) in [6, 6.07) is 0.